The predicted octanol–water partition coefficient (Wildman–Crippen LogP) is 2.31. The molecule has 0 aromatic rings. The molecule has 0 aromatic carbocycles. The molecule has 1 aliphatic heterocycles. The first kappa shape index (κ1) is 13.4. The predicted molar refractivity (Wildman–Crippen MR) is 65.7 cm³/mol. The van der Waals surface area contributed by atoms with E-state index in [0.29, 0.717) is 5.92 Å². The van der Waals surface area contributed by atoms with Crippen LogP contribution in [0, 0.1) is 17.3 Å². The third kappa shape index (κ3) is 2.52. The van der Waals surface area contributed by atoms with Gasteiger partial charge in [0, 0.05) is 12.8 Å². The Morgan fingerprint density at radius 1 is 1.33 bits per heavy atom. The van der Waals surface area contributed by atoms with E-state index in [4.69, 9.17) is 9.47 Å². The number of rotatable bonds is 1. The Hall–Kier alpha value is -1.06. The van der Waals surface area contributed by atoms with E-state index in [-0.39, 0.29) is 23.4 Å². The molecule has 0 bridgehead atoms. The van der Waals surface area contributed by atoms with E-state index in [9.17, 15) is 9.59 Å². The Morgan fingerprint density at radius 2 is 2.00 bits per heavy atom. The van der Waals surface area contributed by atoms with Crippen LogP contribution >= 0.6 is 0 Å². The summed E-state index contributed by atoms with van der Waals surface area (Å²) < 4.78 is 10.5. The summed E-state index contributed by atoms with van der Waals surface area (Å²) in [5, 5.41) is 0. The van der Waals surface area contributed by atoms with Crippen molar-refractivity contribution in [2.45, 2.75) is 59.2 Å². The van der Waals surface area contributed by atoms with E-state index in [1.807, 2.05) is 0 Å². The number of hydrogen-bond donors (Lipinski definition) is 0. The summed E-state index contributed by atoms with van der Waals surface area (Å²) in [5.41, 5.74) is 0.220. The van der Waals surface area contributed by atoms with Crippen LogP contribution in [0.1, 0.15) is 47.0 Å². The maximum Gasteiger partial charge on any atom is 0.348 e. The van der Waals surface area contributed by atoms with Gasteiger partial charge >= 0.3 is 11.9 Å². The van der Waals surface area contributed by atoms with Gasteiger partial charge in [-0.2, -0.15) is 0 Å². The van der Waals surface area contributed by atoms with Crippen molar-refractivity contribution in [1.29, 1.82) is 0 Å². The van der Waals surface area contributed by atoms with Crippen molar-refractivity contribution in [3.05, 3.63) is 0 Å². The van der Waals surface area contributed by atoms with E-state index >= 15 is 0 Å². The molecule has 18 heavy (non-hydrogen) atoms. The standard InChI is InChI=1S/C14H22O4/c1-8(15)17-12-10-7-9(14(2,3)4)5-6-11(10)18-13(12)16/h9-12H,5-7H2,1-4H3/t9-,10-,11+,12-/m0/s1. The van der Waals surface area contributed by atoms with Crippen LogP contribution < -0.4 is 0 Å². The lowest BCUT2D eigenvalue weighted by Gasteiger charge is -2.38. The molecule has 2 fully saturated rings. The normalized spacial score (nSPS) is 35.9. The Kier molecular flexibility index (Phi) is 3.39. The average Bonchev–Trinajstić information content (AvgIpc) is 2.53. The van der Waals surface area contributed by atoms with Crippen LogP contribution in [-0.2, 0) is 19.1 Å². The van der Waals surface area contributed by atoms with Crippen molar-refractivity contribution in [2.24, 2.45) is 17.3 Å². The van der Waals surface area contributed by atoms with Crippen LogP contribution in [0.15, 0.2) is 0 Å². The van der Waals surface area contributed by atoms with E-state index in [1.165, 1.54) is 6.92 Å². The quantitative estimate of drug-likeness (QED) is 0.674. The minimum absolute atomic E-state index is 0.0411. The number of carbonyl (C=O) groups excluding carboxylic acids is 2. The number of ether oxygens (including phenoxy) is 2. The largest absolute Gasteiger partial charge is 0.459 e. The number of hydrogen-bond acceptors (Lipinski definition) is 4. The summed E-state index contributed by atoms with van der Waals surface area (Å²) in [6.07, 6.45) is 2.12. The Bertz CT molecular complexity index is 355. The van der Waals surface area contributed by atoms with Crippen molar-refractivity contribution < 1.29 is 19.1 Å². The summed E-state index contributed by atoms with van der Waals surface area (Å²) in [5.74, 6) is -0.184. The van der Waals surface area contributed by atoms with E-state index in [2.05, 4.69) is 20.8 Å². The number of fused-ring (bicyclic) bond motifs is 1. The first-order valence-electron chi connectivity index (χ1n) is 6.66. The summed E-state index contributed by atoms with van der Waals surface area (Å²) in [6, 6.07) is 0. The van der Waals surface area contributed by atoms with Crippen LogP contribution in [0.2, 0.25) is 0 Å². The van der Waals surface area contributed by atoms with Gasteiger partial charge in [-0.15, -0.1) is 0 Å². The van der Waals surface area contributed by atoms with Crippen LogP contribution in [0.4, 0.5) is 0 Å². The molecule has 0 N–H and O–H groups in total. The minimum atomic E-state index is -0.683. The zero-order chi connectivity index (χ0) is 13.5. The Morgan fingerprint density at radius 3 is 2.56 bits per heavy atom. The van der Waals surface area contributed by atoms with Crippen molar-refractivity contribution in [3.8, 4) is 0 Å². The van der Waals surface area contributed by atoms with Crippen molar-refractivity contribution in [3.63, 3.8) is 0 Å². The zero-order valence-corrected chi connectivity index (χ0v) is 11.6. The third-order valence-electron chi connectivity index (χ3n) is 4.24. The highest BCUT2D eigenvalue weighted by Gasteiger charge is 2.50. The number of esters is 2. The molecule has 0 radical (unpaired) electrons. The van der Waals surface area contributed by atoms with Crippen molar-refractivity contribution >= 4 is 11.9 Å². The highest BCUT2D eigenvalue weighted by atomic mass is 16.6. The minimum Gasteiger partial charge on any atom is -0.459 e. The lowest BCUT2D eigenvalue weighted by Crippen LogP contribution is -2.38. The van der Waals surface area contributed by atoms with E-state index in [0.717, 1.165) is 19.3 Å². The van der Waals surface area contributed by atoms with Gasteiger partial charge in [0.2, 0.25) is 6.10 Å². The Labute approximate surface area is 108 Å². The van der Waals surface area contributed by atoms with Gasteiger partial charge in [0.05, 0.1) is 0 Å². The second-order valence-electron chi connectivity index (χ2n) is 6.55. The van der Waals surface area contributed by atoms with Gasteiger partial charge in [-0.25, -0.2) is 4.79 Å². The lowest BCUT2D eigenvalue weighted by molar-refractivity contribution is -0.160. The van der Waals surface area contributed by atoms with Gasteiger partial charge in [-0.1, -0.05) is 20.8 Å². The average molecular weight is 254 g/mol. The van der Waals surface area contributed by atoms with Crippen LogP contribution in [-0.4, -0.2) is 24.1 Å². The molecule has 4 atom stereocenters. The van der Waals surface area contributed by atoms with Crippen LogP contribution in [0.3, 0.4) is 0 Å². The molecule has 2 aliphatic rings. The third-order valence-corrected chi connectivity index (χ3v) is 4.24. The smallest absolute Gasteiger partial charge is 0.348 e. The van der Waals surface area contributed by atoms with Crippen LogP contribution in [0.5, 0.6) is 0 Å². The van der Waals surface area contributed by atoms with E-state index in [1.54, 1.807) is 0 Å². The molecule has 1 saturated carbocycles. The molecule has 0 unspecified atom stereocenters. The highest BCUT2D eigenvalue weighted by Crippen LogP contribution is 2.45. The molecule has 102 valence electrons. The zero-order valence-electron chi connectivity index (χ0n) is 11.6. The molecule has 1 aliphatic carbocycles. The van der Waals surface area contributed by atoms with Gasteiger partial charge in [-0.3, -0.25) is 4.79 Å². The SMILES string of the molecule is CC(=O)O[C@@H]1C(=O)O[C@@H]2CC[C@H](C(C)(C)C)C[C@H]12. The van der Waals surface area contributed by atoms with Gasteiger partial charge in [0.1, 0.15) is 6.10 Å². The summed E-state index contributed by atoms with van der Waals surface area (Å²) >= 11 is 0. The van der Waals surface area contributed by atoms with Gasteiger partial charge in [0.25, 0.3) is 0 Å². The summed E-state index contributed by atoms with van der Waals surface area (Å²) in [4.78, 5) is 22.8. The van der Waals surface area contributed by atoms with Crippen molar-refractivity contribution in [1.82, 2.24) is 0 Å². The molecule has 1 saturated heterocycles. The van der Waals surface area contributed by atoms with Gasteiger partial charge in [-0.05, 0) is 30.6 Å². The molecule has 0 spiro atoms. The Balaban J connectivity index is 2.11. The molecular weight excluding hydrogens is 232 g/mol. The first-order chi connectivity index (χ1) is 8.29. The van der Waals surface area contributed by atoms with Crippen LogP contribution in [0.25, 0.3) is 0 Å². The fourth-order valence-corrected chi connectivity index (χ4v) is 3.13. The maximum absolute atomic E-state index is 11.7. The summed E-state index contributed by atoms with van der Waals surface area (Å²) in [6.45, 7) is 7.99. The van der Waals surface area contributed by atoms with Gasteiger partial charge < -0.3 is 9.47 Å². The number of carbonyl (C=O) groups is 2. The molecular formula is C14H22O4. The molecule has 0 aromatic heterocycles. The van der Waals surface area contributed by atoms with Gasteiger partial charge in [0.15, 0.2) is 0 Å². The fourth-order valence-electron chi connectivity index (χ4n) is 3.13. The lowest BCUT2D eigenvalue weighted by atomic mass is 9.67. The van der Waals surface area contributed by atoms with Crippen molar-refractivity contribution in [2.75, 3.05) is 0 Å². The maximum atomic E-state index is 11.7. The fraction of sp³-hybridized carbons (Fsp3) is 0.857. The summed E-state index contributed by atoms with van der Waals surface area (Å²) in [7, 11) is 0. The molecule has 4 heteroatoms. The molecule has 0 amide bonds. The molecule has 4 nitrogen and oxygen atoms in total. The monoisotopic (exact) mass is 254 g/mol. The second kappa shape index (κ2) is 4.56. The highest BCUT2D eigenvalue weighted by molar-refractivity contribution is 5.81. The second-order valence-corrected chi connectivity index (χ2v) is 6.55. The molecule has 1 heterocycles. The molecule has 2 rings (SSSR count). The topological polar surface area (TPSA) is 52.6 Å². The first-order valence-corrected chi connectivity index (χ1v) is 6.66. The van der Waals surface area contributed by atoms with E-state index < -0.39 is 12.1 Å².